The van der Waals surface area contributed by atoms with Crippen LogP contribution in [-0.2, 0) is 20.8 Å². The van der Waals surface area contributed by atoms with Gasteiger partial charge in [0.1, 0.15) is 22.9 Å². The number of ketones is 2. The molecule has 0 spiro atoms. The Hall–Kier alpha value is -3.81. The van der Waals surface area contributed by atoms with Gasteiger partial charge in [-0.05, 0) is 41.0 Å². The number of benzene rings is 1. The van der Waals surface area contributed by atoms with E-state index in [-0.39, 0.29) is 30.6 Å². The third kappa shape index (κ3) is 3.99. The first-order chi connectivity index (χ1) is 18.0. The average molecular weight is 547 g/mol. The van der Waals surface area contributed by atoms with E-state index in [2.05, 4.69) is 5.32 Å². The Bertz CT molecular complexity index is 1400. The van der Waals surface area contributed by atoms with Crippen molar-refractivity contribution in [3.63, 3.8) is 0 Å². The molecule has 0 aromatic heterocycles. The molecule has 0 heterocycles. The van der Waals surface area contributed by atoms with Gasteiger partial charge in [-0.2, -0.15) is 0 Å². The van der Waals surface area contributed by atoms with E-state index in [1.165, 1.54) is 30.8 Å². The molecule has 0 bridgehead atoms. The normalized spacial score (nSPS) is 28.4. The van der Waals surface area contributed by atoms with Gasteiger partial charge in [0, 0.05) is 28.5 Å². The summed E-state index contributed by atoms with van der Waals surface area (Å²) in [5.74, 6) is -8.99. The molecule has 7 N–H and O–H groups in total. The number of nitrogens with one attached hydrogen (secondary N) is 1. The maximum atomic E-state index is 15.4. The number of amides is 2. The molecular formula is C26H31FN4O8. The van der Waals surface area contributed by atoms with Gasteiger partial charge >= 0.3 is 0 Å². The first kappa shape index (κ1) is 28.2. The predicted octanol–water partition coefficient (Wildman–Crippen LogP) is 0.150. The quantitative estimate of drug-likeness (QED) is 0.219. The minimum Gasteiger partial charge on any atom is -0.510 e. The second-order valence-electron chi connectivity index (χ2n) is 11.1. The number of aromatic hydroxyl groups is 1. The van der Waals surface area contributed by atoms with Crippen LogP contribution in [0.1, 0.15) is 29.3 Å². The predicted molar refractivity (Wildman–Crippen MR) is 135 cm³/mol. The van der Waals surface area contributed by atoms with E-state index in [1.807, 2.05) is 0 Å². The van der Waals surface area contributed by atoms with E-state index in [0.717, 1.165) is 6.07 Å². The number of allylic oxidation sites excluding steroid dienone is 1. The van der Waals surface area contributed by atoms with Crippen LogP contribution in [-0.4, -0.2) is 100.0 Å². The largest absolute Gasteiger partial charge is 0.510 e. The molecule has 1 aromatic rings. The number of hydrogen-bond acceptors (Lipinski definition) is 10. The number of Topliss-reactive ketones (excluding diaryl/α,β-unsaturated/α-hetero) is 2. The number of halogens is 1. The molecule has 0 unspecified atom stereocenters. The molecule has 12 nitrogen and oxygen atoms in total. The van der Waals surface area contributed by atoms with Crippen molar-refractivity contribution in [2.75, 3.05) is 40.1 Å². The number of carbonyl (C=O) groups excluding carboxylic acids is 4. The molecule has 0 fully saturated rings. The van der Waals surface area contributed by atoms with E-state index >= 15 is 4.39 Å². The summed E-state index contributed by atoms with van der Waals surface area (Å²) in [4.78, 5) is 54.5. The SMILES string of the molecule is CN(C)CC(=O)Nc1cc(F)c2c(c1O)C(=O)C1=C(O)[C@]3(O)C(=O)C(C(N)=O)=C(O)[C@@H](N(C)C)[C@@H]3C[C@]1(C)C2. The topological polar surface area (TPSA) is 194 Å². The number of nitrogens with two attached hydrogens (primary N) is 1. The Morgan fingerprint density at radius 2 is 1.79 bits per heavy atom. The molecule has 210 valence electrons. The average Bonchev–Trinajstić information content (AvgIpc) is 2.78. The zero-order chi connectivity index (χ0) is 29.4. The van der Waals surface area contributed by atoms with E-state index in [9.17, 15) is 39.6 Å². The van der Waals surface area contributed by atoms with Crippen LogP contribution in [0.4, 0.5) is 10.1 Å². The highest BCUT2D eigenvalue weighted by molar-refractivity contribution is 6.25. The molecule has 3 aliphatic carbocycles. The number of anilines is 1. The van der Waals surface area contributed by atoms with E-state index in [0.29, 0.717) is 0 Å². The molecule has 3 aliphatic rings. The van der Waals surface area contributed by atoms with Crippen molar-refractivity contribution in [2.45, 2.75) is 31.4 Å². The summed E-state index contributed by atoms with van der Waals surface area (Å²) in [5.41, 5.74) is -1.28. The lowest BCUT2D eigenvalue weighted by molar-refractivity contribution is -0.150. The summed E-state index contributed by atoms with van der Waals surface area (Å²) < 4.78 is 15.4. The van der Waals surface area contributed by atoms with Crippen LogP contribution < -0.4 is 11.1 Å². The summed E-state index contributed by atoms with van der Waals surface area (Å²) >= 11 is 0. The summed E-state index contributed by atoms with van der Waals surface area (Å²) in [5, 5.41) is 47.2. The molecule has 13 heteroatoms. The van der Waals surface area contributed by atoms with Gasteiger partial charge in [0.2, 0.25) is 11.7 Å². The van der Waals surface area contributed by atoms with Crippen LogP contribution in [0.5, 0.6) is 5.75 Å². The second-order valence-corrected chi connectivity index (χ2v) is 11.1. The zero-order valence-electron chi connectivity index (χ0n) is 22.1. The Balaban J connectivity index is 1.93. The Morgan fingerprint density at radius 3 is 2.33 bits per heavy atom. The summed E-state index contributed by atoms with van der Waals surface area (Å²) in [6.45, 7) is 1.44. The van der Waals surface area contributed by atoms with Gasteiger partial charge in [0.05, 0.1) is 23.8 Å². The van der Waals surface area contributed by atoms with Gasteiger partial charge in [-0.3, -0.25) is 24.1 Å². The monoisotopic (exact) mass is 546 g/mol. The van der Waals surface area contributed by atoms with Crippen LogP contribution >= 0.6 is 0 Å². The Labute approximate surface area is 223 Å². The summed E-state index contributed by atoms with van der Waals surface area (Å²) in [6, 6.07) is -0.271. The Kier molecular flexibility index (Phi) is 6.61. The van der Waals surface area contributed by atoms with Crippen LogP contribution in [0.2, 0.25) is 0 Å². The van der Waals surface area contributed by atoms with Gasteiger partial charge in [0.25, 0.3) is 5.91 Å². The van der Waals surface area contributed by atoms with Crippen molar-refractivity contribution in [3.8, 4) is 5.75 Å². The van der Waals surface area contributed by atoms with Gasteiger partial charge in [-0.15, -0.1) is 0 Å². The smallest absolute Gasteiger partial charge is 0.255 e. The maximum Gasteiger partial charge on any atom is 0.255 e. The first-order valence-corrected chi connectivity index (χ1v) is 12.1. The van der Waals surface area contributed by atoms with Gasteiger partial charge < -0.3 is 36.4 Å². The number of hydrogen-bond donors (Lipinski definition) is 6. The number of aliphatic hydroxyl groups is 3. The van der Waals surface area contributed by atoms with Crippen LogP contribution in [0.25, 0.3) is 0 Å². The van der Waals surface area contributed by atoms with Crippen molar-refractivity contribution < 1.29 is 44.0 Å². The number of fused-ring (bicyclic) bond motifs is 3. The highest BCUT2D eigenvalue weighted by Gasteiger charge is 2.65. The van der Waals surface area contributed by atoms with E-state index in [4.69, 9.17) is 5.73 Å². The van der Waals surface area contributed by atoms with Crippen molar-refractivity contribution >= 4 is 29.1 Å². The molecular weight excluding hydrogens is 515 g/mol. The van der Waals surface area contributed by atoms with Crippen molar-refractivity contribution in [2.24, 2.45) is 17.1 Å². The number of phenols is 1. The number of likely N-dealkylation sites (N-methyl/N-ethyl adjacent to an activating group) is 2. The molecule has 4 rings (SSSR count). The Morgan fingerprint density at radius 1 is 1.18 bits per heavy atom. The lowest BCUT2D eigenvalue weighted by Gasteiger charge is -2.53. The fourth-order valence-electron chi connectivity index (χ4n) is 6.22. The molecule has 2 amide bonds. The van der Waals surface area contributed by atoms with Crippen LogP contribution in [0.3, 0.4) is 0 Å². The molecule has 39 heavy (non-hydrogen) atoms. The third-order valence-electron chi connectivity index (χ3n) is 7.81. The maximum absolute atomic E-state index is 15.4. The van der Waals surface area contributed by atoms with Crippen LogP contribution in [0, 0.1) is 17.2 Å². The number of carbonyl (C=O) groups is 4. The third-order valence-corrected chi connectivity index (χ3v) is 7.81. The number of aliphatic hydroxyl groups excluding tert-OH is 2. The standard InChI is InChI=1S/C26H31FN4O8/c1-25-7-10-12(27)6-13(29-14(32)9-30(2)3)19(33)15(10)20(34)17(25)23(37)26(39)11(8-25)18(31(4)5)21(35)16(22(26)36)24(28)38/h6,11,18,33,35,37,39H,7-9H2,1-5H3,(H2,28,38)(H,29,32)/t11-,18-,25-,26+/m0/s1. The highest BCUT2D eigenvalue weighted by Crippen LogP contribution is 2.58. The van der Waals surface area contributed by atoms with Crippen molar-refractivity contribution in [3.05, 3.63) is 45.7 Å². The summed E-state index contributed by atoms with van der Waals surface area (Å²) in [7, 11) is 6.28. The zero-order valence-corrected chi connectivity index (χ0v) is 22.1. The molecule has 0 saturated heterocycles. The number of primary amides is 1. The number of nitrogens with zero attached hydrogens (tertiary/aromatic N) is 2. The minimum atomic E-state index is -2.82. The molecule has 4 atom stereocenters. The van der Waals surface area contributed by atoms with Crippen molar-refractivity contribution in [1.29, 1.82) is 0 Å². The highest BCUT2D eigenvalue weighted by atomic mass is 19.1. The van der Waals surface area contributed by atoms with Gasteiger partial charge in [-0.1, -0.05) is 6.92 Å². The van der Waals surface area contributed by atoms with E-state index < -0.39 is 86.2 Å². The van der Waals surface area contributed by atoms with E-state index in [1.54, 1.807) is 14.1 Å². The molecule has 0 aliphatic heterocycles. The lowest BCUT2D eigenvalue weighted by atomic mass is 9.53. The lowest BCUT2D eigenvalue weighted by Crippen LogP contribution is -2.65. The molecule has 0 saturated carbocycles. The second kappa shape index (κ2) is 9.14. The van der Waals surface area contributed by atoms with Gasteiger partial charge in [0.15, 0.2) is 17.1 Å². The fraction of sp³-hybridized carbons (Fsp3) is 0.462. The minimum absolute atomic E-state index is 0.0950. The van der Waals surface area contributed by atoms with Crippen molar-refractivity contribution in [1.82, 2.24) is 9.80 Å². The van der Waals surface area contributed by atoms with Crippen LogP contribution in [0.15, 0.2) is 28.7 Å². The molecule has 0 radical (unpaired) electrons. The fourth-order valence-corrected chi connectivity index (χ4v) is 6.22. The number of rotatable bonds is 5. The van der Waals surface area contributed by atoms with Gasteiger partial charge in [-0.25, -0.2) is 4.39 Å². The summed E-state index contributed by atoms with van der Waals surface area (Å²) in [6.07, 6.45) is -0.423. The molecule has 1 aromatic carbocycles. The first-order valence-electron chi connectivity index (χ1n) is 12.1. The number of phenolic OH excluding ortho intramolecular Hbond substituents is 1.